The monoisotopic (exact) mass is 519 g/mol. The number of carbonyl (C=O) groups is 1. The van der Waals surface area contributed by atoms with Crippen LogP contribution in [0.3, 0.4) is 0 Å². The van der Waals surface area contributed by atoms with Crippen molar-refractivity contribution in [2.75, 3.05) is 38.7 Å². The molecule has 3 aliphatic rings. The van der Waals surface area contributed by atoms with E-state index >= 15 is 0 Å². The van der Waals surface area contributed by atoms with Gasteiger partial charge in [-0.15, -0.1) is 0 Å². The van der Waals surface area contributed by atoms with Crippen molar-refractivity contribution in [3.8, 4) is 0 Å². The number of anilines is 1. The molecule has 198 valence electrons. The molecule has 1 N–H and O–H groups in total. The quantitative estimate of drug-likeness (QED) is 0.607. The van der Waals surface area contributed by atoms with Gasteiger partial charge in [0.2, 0.25) is 5.91 Å². The average Bonchev–Trinajstić information content (AvgIpc) is 3.24. The number of fused-ring (bicyclic) bond motifs is 2. The molecule has 2 aromatic rings. The maximum Gasteiger partial charge on any atom is 0.419 e. The largest absolute Gasteiger partial charge is 0.419 e. The standard InChI is InChI=1S/C26H29F4N5O2/c1-15(18-5-4-6-20(21(18)27)26(28,29)30)31-23-19-13-35(17-7-11-37-12-8-17)24(36)25(9-10-34(3)14-25)22(19)32-16(2)33-23/h4-7,15H,8-14H2,1-3H3,(H,31,32,33)/t15-,25?/m1/s1. The van der Waals surface area contributed by atoms with E-state index in [1.54, 1.807) is 18.7 Å². The number of hydrogen-bond acceptors (Lipinski definition) is 6. The highest BCUT2D eigenvalue weighted by molar-refractivity contribution is 5.92. The second kappa shape index (κ2) is 9.36. The van der Waals surface area contributed by atoms with Crippen molar-refractivity contribution in [2.45, 2.75) is 50.9 Å². The lowest BCUT2D eigenvalue weighted by Crippen LogP contribution is -2.53. The Balaban J connectivity index is 1.58. The number of halogens is 4. The lowest BCUT2D eigenvalue weighted by atomic mass is 9.76. The number of alkyl halides is 3. The molecular formula is C26H29F4N5O2. The van der Waals surface area contributed by atoms with Gasteiger partial charge >= 0.3 is 6.18 Å². The number of nitrogens with one attached hydrogen (secondary N) is 1. The fourth-order valence-electron chi connectivity index (χ4n) is 5.60. The number of carbonyl (C=O) groups excluding carboxylic acids is 1. The smallest absolute Gasteiger partial charge is 0.377 e. The molecule has 5 rings (SSSR count). The van der Waals surface area contributed by atoms with Crippen LogP contribution in [-0.2, 0) is 27.7 Å². The lowest BCUT2D eigenvalue weighted by molar-refractivity contribution is -0.140. The molecule has 37 heavy (non-hydrogen) atoms. The summed E-state index contributed by atoms with van der Waals surface area (Å²) in [6.45, 7) is 5.66. The molecule has 3 aliphatic heterocycles. The number of aromatic nitrogens is 2. The van der Waals surface area contributed by atoms with E-state index < -0.39 is 29.0 Å². The number of nitrogens with zero attached hydrogens (tertiary/aromatic N) is 4. The third-order valence-corrected chi connectivity index (χ3v) is 7.44. The van der Waals surface area contributed by atoms with Crippen LogP contribution < -0.4 is 5.32 Å². The highest BCUT2D eigenvalue weighted by Crippen LogP contribution is 2.44. The summed E-state index contributed by atoms with van der Waals surface area (Å²) in [6, 6.07) is 2.44. The Labute approximate surface area is 212 Å². The molecule has 0 radical (unpaired) electrons. The predicted octanol–water partition coefficient (Wildman–Crippen LogP) is 4.34. The van der Waals surface area contributed by atoms with Gasteiger partial charge in [-0.2, -0.15) is 13.2 Å². The number of hydrogen-bond donors (Lipinski definition) is 1. The van der Waals surface area contributed by atoms with Gasteiger partial charge in [-0.1, -0.05) is 12.1 Å². The average molecular weight is 520 g/mol. The summed E-state index contributed by atoms with van der Waals surface area (Å²) in [6.07, 6.45) is -1.72. The normalized spacial score (nSPS) is 23.3. The Morgan fingerprint density at radius 2 is 2.03 bits per heavy atom. The van der Waals surface area contributed by atoms with Crippen LogP contribution >= 0.6 is 0 Å². The van der Waals surface area contributed by atoms with Crippen molar-refractivity contribution in [1.82, 2.24) is 19.8 Å². The van der Waals surface area contributed by atoms with Crippen LogP contribution in [0.15, 0.2) is 30.0 Å². The SMILES string of the molecule is Cc1nc(N[C@H](C)c2cccc(C(F)(F)F)c2F)c2c(n1)C1(CCN(C)C1)C(=O)N(C1=CCOCC1)C2. The zero-order chi connectivity index (χ0) is 26.5. The van der Waals surface area contributed by atoms with Gasteiger partial charge in [-0.25, -0.2) is 14.4 Å². The summed E-state index contributed by atoms with van der Waals surface area (Å²) >= 11 is 0. The Hall–Kier alpha value is -3.05. The fourth-order valence-corrected chi connectivity index (χ4v) is 5.60. The van der Waals surface area contributed by atoms with Gasteiger partial charge in [-0.3, -0.25) is 4.79 Å². The minimum Gasteiger partial charge on any atom is -0.377 e. The molecule has 0 aliphatic carbocycles. The van der Waals surface area contributed by atoms with Crippen LogP contribution in [0.4, 0.5) is 23.4 Å². The first-order valence-electron chi connectivity index (χ1n) is 12.3. The summed E-state index contributed by atoms with van der Waals surface area (Å²) in [5.74, 6) is -0.504. The predicted molar refractivity (Wildman–Crippen MR) is 128 cm³/mol. The zero-order valence-electron chi connectivity index (χ0n) is 21.0. The molecule has 4 heterocycles. The lowest BCUT2D eigenvalue weighted by Gasteiger charge is -2.42. The van der Waals surface area contributed by atoms with Crippen LogP contribution in [0.2, 0.25) is 0 Å². The Kier molecular flexibility index (Phi) is 6.47. The van der Waals surface area contributed by atoms with Crippen molar-refractivity contribution >= 4 is 11.7 Å². The minimum absolute atomic E-state index is 0.0153. The second-order valence-corrected chi connectivity index (χ2v) is 10.0. The Bertz CT molecular complexity index is 1260. The van der Waals surface area contributed by atoms with Crippen molar-refractivity contribution in [2.24, 2.45) is 0 Å². The van der Waals surface area contributed by atoms with Crippen LogP contribution in [0.5, 0.6) is 0 Å². The van der Waals surface area contributed by atoms with Crippen molar-refractivity contribution in [3.63, 3.8) is 0 Å². The fraction of sp³-hybridized carbons (Fsp3) is 0.500. The van der Waals surface area contributed by atoms with Gasteiger partial charge in [0.25, 0.3) is 0 Å². The number of benzene rings is 1. The second-order valence-electron chi connectivity index (χ2n) is 10.0. The molecule has 0 bridgehead atoms. The van der Waals surface area contributed by atoms with Crippen LogP contribution in [0.25, 0.3) is 0 Å². The Morgan fingerprint density at radius 3 is 2.68 bits per heavy atom. The zero-order valence-corrected chi connectivity index (χ0v) is 21.0. The first-order valence-corrected chi connectivity index (χ1v) is 12.3. The molecule has 1 fully saturated rings. The summed E-state index contributed by atoms with van der Waals surface area (Å²) in [5.41, 5.74) is -0.0818. The molecule has 7 nitrogen and oxygen atoms in total. The molecule has 11 heteroatoms. The molecule has 1 aromatic carbocycles. The van der Waals surface area contributed by atoms with Crippen molar-refractivity contribution < 1.29 is 27.1 Å². The van der Waals surface area contributed by atoms with Crippen LogP contribution in [0.1, 0.15) is 54.0 Å². The maximum absolute atomic E-state index is 14.9. The topological polar surface area (TPSA) is 70.6 Å². The molecule has 0 saturated carbocycles. The molecule has 1 amide bonds. The van der Waals surface area contributed by atoms with Crippen LogP contribution in [0, 0.1) is 12.7 Å². The summed E-state index contributed by atoms with van der Waals surface area (Å²) < 4.78 is 60.3. The molecular weight excluding hydrogens is 490 g/mol. The van der Waals surface area contributed by atoms with Gasteiger partial charge in [0, 0.05) is 29.8 Å². The number of rotatable bonds is 4. The van der Waals surface area contributed by atoms with E-state index in [-0.39, 0.29) is 18.0 Å². The first-order chi connectivity index (χ1) is 17.5. The first kappa shape index (κ1) is 25.6. The molecule has 1 aromatic heterocycles. The van der Waals surface area contributed by atoms with Gasteiger partial charge in [0.15, 0.2) is 0 Å². The van der Waals surface area contributed by atoms with Crippen LogP contribution in [-0.4, -0.2) is 59.0 Å². The van der Waals surface area contributed by atoms with Gasteiger partial charge in [0.05, 0.1) is 37.1 Å². The van der Waals surface area contributed by atoms with E-state index in [1.807, 2.05) is 13.1 Å². The summed E-state index contributed by atoms with van der Waals surface area (Å²) in [5, 5.41) is 3.15. The van der Waals surface area contributed by atoms with E-state index in [2.05, 4.69) is 15.2 Å². The van der Waals surface area contributed by atoms with E-state index in [0.717, 1.165) is 18.3 Å². The van der Waals surface area contributed by atoms with Gasteiger partial charge < -0.3 is 19.9 Å². The summed E-state index contributed by atoms with van der Waals surface area (Å²) in [4.78, 5) is 27.1. The summed E-state index contributed by atoms with van der Waals surface area (Å²) in [7, 11) is 1.96. The highest BCUT2D eigenvalue weighted by Gasteiger charge is 2.53. The van der Waals surface area contributed by atoms with E-state index in [0.29, 0.717) is 55.5 Å². The third-order valence-electron chi connectivity index (χ3n) is 7.44. The third kappa shape index (κ3) is 4.48. The molecule has 1 spiro atoms. The molecule has 1 unspecified atom stereocenters. The van der Waals surface area contributed by atoms with E-state index in [1.165, 1.54) is 12.1 Å². The maximum atomic E-state index is 14.9. The molecule has 2 atom stereocenters. The van der Waals surface area contributed by atoms with Gasteiger partial charge in [-0.05, 0) is 46.0 Å². The van der Waals surface area contributed by atoms with Gasteiger partial charge in [0.1, 0.15) is 22.9 Å². The minimum atomic E-state index is -4.80. The molecule has 1 saturated heterocycles. The number of amides is 1. The number of likely N-dealkylation sites (N-methyl/N-ethyl adjacent to an activating group) is 1. The highest BCUT2D eigenvalue weighted by atomic mass is 19.4. The number of likely N-dealkylation sites (tertiary alicyclic amines) is 1. The van der Waals surface area contributed by atoms with E-state index in [9.17, 15) is 22.4 Å². The number of ether oxygens (including phenoxy) is 1. The van der Waals surface area contributed by atoms with E-state index in [4.69, 9.17) is 9.72 Å². The number of aryl methyl sites for hydroxylation is 1. The Morgan fingerprint density at radius 1 is 1.24 bits per heavy atom. The van der Waals surface area contributed by atoms with Crippen molar-refractivity contribution in [1.29, 1.82) is 0 Å². The van der Waals surface area contributed by atoms with Crippen molar-refractivity contribution in [3.05, 3.63) is 64.0 Å².